The van der Waals surface area contributed by atoms with Crippen LogP contribution in [0.25, 0.3) is 22.2 Å². The Kier molecular flexibility index (Phi) is 7.77. The molecule has 4 rings (SSSR count). The van der Waals surface area contributed by atoms with E-state index in [4.69, 9.17) is 32.7 Å². The van der Waals surface area contributed by atoms with Gasteiger partial charge in [0.05, 0.1) is 49.5 Å². The van der Waals surface area contributed by atoms with Crippen LogP contribution < -0.4 is 25.4 Å². The van der Waals surface area contributed by atoms with Crippen LogP contribution in [0.2, 0.25) is 10.0 Å². The summed E-state index contributed by atoms with van der Waals surface area (Å²) >= 11 is 11.8. The van der Waals surface area contributed by atoms with Crippen molar-refractivity contribution in [2.24, 2.45) is 0 Å². The summed E-state index contributed by atoms with van der Waals surface area (Å²) in [5.41, 5.74) is 0.404. The molecule has 0 bridgehead atoms. The van der Waals surface area contributed by atoms with Crippen LogP contribution in [-0.2, 0) is 17.7 Å². The molecule has 188 valence electrons. The first-order valence-electron chi connectivity index (χ1n) is 10.8. The van der Waals surface area contributed by atoms with E-state index in [9.17, 15) is 14.6 Å². The molecule has 35 heavy (non-hydrogen) atoms. The molecule has 0 amide bonds. The number of benzene rings is 1. The average Bonchev–Trinajstić information content (AvgIpc) is 2.79. The van der Waals surface area contributed by atoms with Crippen molar-refractivity contribution in [1.29, 1.82) is 0 Å². The van der Waals surface area contributed by atoms with Gasteiger partial charge in [0.1, 0.15) is 23.8 Å². The molecule has 1 saturated heterocycles. The van der Waals surface area contributed by atoms with Crippen molar-refractivity contribution in [3.8, 4) is 22.6 Å². The Hall–Kier alpha value is -2.12. The third-order valence-electron chi connectivity index (χ3n) is 6.18. The number of aromatic nitrogens is 3. The van der Waals surface area contributed by atoms with Crippen LogP contribution in [0.5, 0.6) is 11.5 Å². The number of likely N-dealkylation sites (N-methyl/N-ethyl adjacent to an activating group) is 1. The predicted octanol–water partition coefficient (Wildman–Crippen LogP) is 1.26. The number of quaternary nitrogens is 1. The number of hydrogen-bond donors (Lipinski definition) is 2. The summed E-state index contributed by atoms with van der Waals surface area (Å²) in [7, 11) is 4.47. The van der Waals surface area contributed by atoms with Gasteiger partial charge in [0.25, 0.3) is 5.56 Å². The maximum absolute atomic E-state index is 13.8. The number of pyridine rings is 1. The fourth-order valence-electron chi connectivity index (χ4n) is 4.19. The van der Waals surface area contributed by atoms with E-state index >= 15 is 0 Å². The lowest BCUT2D eigenvalue weighted by molar-refractivity contribution is -0.861. The second kappa shape index (κ2) is 10.5. The maximum atomic E-state index is 13.8. The molecule has 0 saturated carbocycles. The third-order valence-corrected chi connectivity index (χ3v) is 7.64. The summed E-state index contributed by atoms with van der Waals surface area (Å²) in [5.74, 6) is 0.592. The van der Waals surface area contributed by atoms with Gasteiger partial charge in [-0.1, -0.05) is 23.2 Å². The van der Waals surface area contributed by atoms with Crippen molar-refractivity contribution in [3.63, 3.8) is 0 Å². The van der Waals surface area contributed by atoms with Gasteiger partial charge in [-0.3, -0.25) is 9.36 Å². The normalized spacial score (nSPS) is 19.3. The molecule has 3 heterocycles. The Morgan fingerprint density at radius 2 is 1.91 bits per heavy atom. The molecule has 3 aromatic rings. The summed E-state index contributed by atoms with van der Waals surface area (Å²) in [6.07, 6.45) is 3.49. The van der Waals surface area contributed by atoms with E-state index in [0.717, 1.165) is 0 Å². The minimum Gasteiger partial charge on any atom is -0.634 e. The Morgan fingerprint density at radius 3 is 2.43 bits per heavy atom. The molecule has 2 aromatic heterocycles. The van der Waals surface area contributed by atoms with Gasteiger partial charge in [0, 0.05) is 40.9 Å². The number of nitrogens with one attached hydrogen (secondary N) is 2. The molecular formula is C22H25Cl2N5O5S. The van der Waals surface area contributed by atoms with Crippen molar-refractivity contribution in [2.45, 2.75) is 30.2 Å². The molecule has 4 atom stereocenters. The van der Waals surface area contributed by atoms with E-state index < -0.39 is 16.7 Å². The standard InChI is InChI=1S/C22H25Cl2N5O5S/c1-28(31)14-10-25-13(14)5-6-29-20-11(9-26-22(27-20)35(4)32)7-12(21(29)30)17-18(23)15(33-2)8-16(34-3)19(17)24/h7-9,13-14,25,28H,5-6,10H2,1-4H3. The fourth-order valence-corrected chi connectivity index (χ4v) is 5.31. The highest BCUT2D eigenvalue weighted by molar-refractivity contribution is 7.90. The first-order chi connectivity index (χ1) is 16.7. The number of nitrogens with zero attached hydrogens (tertiary/aromatic N) is 3. The van der Waals surface area contributed by atoms with E-state index in [1.54, 1.807) is 19.2 Å². The molecule has 2 N–H and O–H groups in total. The highest BCUT2D eigenvalue weighted by atomic mass is 35.5. The van der Waals surface area contributed by atoms with Gasteiger partial charge >= 0.3 is 5.16 Å². The summed E-state index contributed by atoms with van der Waals surface area (Å²) < 4.78 is 24.2. The lowest BCUT2D eigenvalue weighted by Gasteiger charge is -2.42. The summed E-state index contributed by atoms with van der Waals surface area (Å²) in [4.78, 5) is 22.4. The van der Waals surface area contributed by atoms with Crippen molar-refractivity contribution < 1.29 is 19.1 Å². The average molecular weight is 542 g/mol. The Morgan fingerprint density at radius 1 is 1.26 bits per heavy atom. The number of methoxy groups -OCH3 is 2. The van der Waals surface area contributed by atoms with Crippen LogP contribution >= 0.6 is 23.2 Å². The first-order valence-corrected chi connectivity index (χ1v) is 13.1. The monoisotopic (exact) mass is 541 g/mol. The van der Waals surface area contributed by atoms with Crippen LogP contribution in [0.4, 0.5) is 0 Å². The van der Waals surface area contributed by atoms with Crippen molar-refractivity contribution in [2.75, 3.05) is 34.1 Å². The molecule has 0 aliphatic carbocycles. The molecular weight excluding hydrogens is 517 g/mol. The van der Waals surface area contributed by atoms with E-state index in [-0.39, 0.29) is 50.0 Å². The second-order valence-corrected chi connectivity index (χ2v) is 10.2. The first kappa shape index (κ1) is 26.0. The van der Waals surface area contributed by atoms with E-state index in [1.807, 2.05) is 0 Å². The number of fused-ring (bicyclic) bond motifs is 1. The molecule has 4 unspecified atom stereocenters. The Bertz CT molecular complexity index is 1290. The molecule has 0 radical (unpaired) electrons. The lowest BCUT2D eigenvalue weighted by atomic mass is 9.96. The summed E-state index contributed by atoms with van der Waals surface area (Å²) in [6, 6.07) is 3.00. The van der Waals surface area contributed by atoms with Crippen LogP contribution in [0.3, 0.4) is 0 Å². The van der Waals surface area contributed by atoms with Gasteiger partial charge < -0.3 is 29.6 Å². The van der Waals surface area contributed by atoms with Gasteiger partial charge in [-0.2, -0.15) is 9.97 Å². The minimum absolute atomic E-state index is 0.0520. The Balaban J connectivity index is 1.92. The topological polar surface area (TPSA) is 129 Å². The summed E-state index contributed by atoms with van der Waals surface area (Å²) in [5, 5.41) is 16.2. The number of rotatable bonds is 8. The minimum atomic E-state index is -1.44. The van der Waals surface area contributed by atoms with E-state index in [2.05, 4.69) is 15.3 Å². The zero-order chi connectivity index (χ0) is 25.4. The molecule has 1 fully saturated rings. The fraction of sp³-hybridized carbons (Fsp3) is 0.409. The van der Waals surface area contributed by atoms with Crippen LogP contribution in [-0.4, -0.2) is 65.2 Å². The molecule has 13 heteroatoms. The predicted molar refractivity (Wildman–Crippen MR) is 135 cm³/mol. The van der Waals surface area contributed by atoms with Gasteiger partial charge in [-0.15, -0.1) is 0 Å². The molecule has 0 spiro atoms. The lowest BCUT2D eigenvalue weighted by Crippen LogP contribution is -3.13. The smallest absolute Gasteiger partial charge is 0.344 e. The van der Waals surface area contributed by atoms with Crippen LogP contribution in [0.15, 0.2) is 28.3 Å². The highest BCUT2D eigenvalue weighted by Gasteiger charge is 2.34. The van der Waals surface area contributed by atoms with Gasteiger partial charge in [0.2, 0.25) is 0 Å². The summed E-state index contributed by atoms with van der Waals surface area (Å²) in [6.45, 7) is 0.874. The van der Waals surface area contributed by atoms with E-state index in [0.29, 0.717) is 35.5 Å². The van der Waals surface area contributed by atoms with Gasteiger partial charge in [-0.05, 0) is 12.5 Å². The molecule has 10 nitrogen and oxygen atoms in total. The molecule has 1 aliphatic heterocycles. The molecule has 1 aliphatic rings. The SMILES string of the molecule is COc1cc(OC)c(Cl)c(-c2cc3cnc([S+](C)[O-])nc3n(CCC3NCC3[NH+](C)[O-])c2=O)c1Cl. The quantitative estimate of drug-likeness (QED) is 0.247. The number of halogens is 2. The number of ether oxygens (including phenoxy) is 2. The largest absolute Gasteiger partial charge is 0.634 e. The second-order valence-electron chi connectivity index (χ2n) is 8.21. The highest BCUT2D eigenvalue weighted by Crippen LogP contribution is 2.45. The van der Waals surface area contributed by atoms with Crippen molar-refractivity contribution >= 4 is 45.4 Å². The third kappa shape index (κ3) is 4.82. The van der Waals surface area contributed by atoms with E-state index in [1.165, 1.54) is 31.2 Å². The number of hydroxylamine groups is 2. The number of hydrogen-bond acceptors (Lipinski definition) is 8. The zero-order valence-electron chi connectivity index (χ0n) is 19.6. The van der Waals surface area contributed by atoms with Crippen LogP contribution in [0, 0.1) is 5.21 Å². The van der Waals surface area contributed by atoms with Gasteiger partial charge in [0.15, 0.2) is 5.65 Å². The molecule has 1 aromatic carbocycles. The Labute approximate surface area is 214 Å². The van der Waals surface area contributed by atoms with Crippen LogP contribution in [0.1, 0.15) is 6.42 Å². The maximum Gasteiger partial charge on any atom is 0.344 e. The van der Waals surface area contributed by atoms with Gasteiger partial charge in [-0.25, -0.2) is 0 Å². The zero-order valence-corrected chi connectivity index (χ0v) is 21.9. The van der Waals surface area contributed by atoms with Crippen molar-refractivity contribution in [3.05, 3.63) is 43.9 Å². The van der Waals surface area contributed by atoms with Crippen molar-refractivity contribution in [1.82, 2.24) is 19.9 Å². The number of aryl methyl sites for hydroxylation is 1.